The van der Waals surface area contributed by atoms with Crippen LogP contribution in [0.4, 0.5) is 0 Å². The molecule has 0 unspecified atom stereocenters. The Bertz CT molecular complexity index is 948. The molecule has 5 aromatic carbocycles. The zero-order valence-electron chi connectivity index (χ0n) is 17.2. The van der Waals surface area contributed by atoms with Gasteiger partial charge in [-0.3, -0.25) is 0 Å². The normalized spacial score (nSPS) is 8.27. The van der Waals surface area contributed by atoms with Gasteiger partial charge in [-0.25, -0.2) is 0 Å². The maximum absolute atomic E-state index is 3.06. The fraction of sp³-hybridized carbons (Fsp3) is 0.0385. The van der Waals surface area contributed by atoms with E-state index in [1.807, 2.05) is 30.3 Å². The molecule has 0 nitrogen and oxygen atoms in total. The fourth-order valence-electron chi connectivity index (χ4n) is 2.72. The predicted molar refractivity (Wildman–Crippen MR) is 136 cm³/mol. The molecular weight excluding hydrogens is 503 g/mol. The van der Waals surface area contributed by atoms with Gasteiger partial charge in [-0.15, -0.1) is 95.1 Å². The maximum Gasteiger partial charge on any atom is -0.0809 e. The molecule has 0 bridgehead atoms. The third-order valence-electron chi connectivity index (χ3n) is 3.92. The van der Waals surface area contributed by atoms with Crippen LogP contribution in [-0.4, -0.2) is 6.88 Å². The number of aryl methyl sites for hydroxylation is 1. The van der Waals surface area contributed by atoms with Gasteiger partial charge in [-0.2, -0.15) is 60.0 Å². The molecule has 0 atom stereocenters. The Morgan fingerprint density at radius 1 is 0.733 bits per heavy atom. The molecule has 0 saturated heterocycles. The smallest absolute Gasteiger partial charge is 0.0809 e. The van der Waals surface area contributed by atoms with Gasteiger partial charge in [-0.1, -0.05) is 19.1 Å². The molecule has 0 N–H and O–H groups in total. The van der Waals surface area contributed by atoms with Crippen LogP contribution < -0.4 is 0 Å². The Kier molecular flexibility index (Phi) is 18.8. The topological polar surface area (TPSA) is 0 Å². The molecule has 0 aromatic heterocycles. The van der Waals surface area contributed by atoms with Crippen LogP contribution in [0.25, 0.3) is 21.5 Å². The molecule has 0 aliphatic carbocycles. The molecule has 2 radical (unpaired) electrons. The Morgan fingerprint density at radius 3 is 1.80 bits per heavy atom. The molecule has 156 valence electrons. The van der Waals surface area contributed by atoms with Crippen LogP contribution in [0.3, 0.4) is 0 Å². The molecule has 0 saturated carbocycles. The molecule has 0 fully saturated rings. The number of hydrogen-bond donors (Lipinski definition) is 0. The Morgan fingerprint density at radius 2 is 1.30 bits per heavy atom. The van der Waals surface area contributed by atoms with Gasteiger partial charge in [0.05, 0.1) is 0 Å². The van der Waals surface area contributed by atoms with E-state index >= 15 is 0 Å². The second-order valence-electron chi connectivity index (χ2n) is 5.89. The van der Waals surface area contributed by atoms with E-state index in [0.29, 0.717) is 0 Å². The first-order valence-corrected chi connectivity index (χ1v) is 12.9. The van der Waals surface area contributed by atoms with Gasteiger partial charge in [0.2, 0.25) is 0 Å². The molecule has 0 aliphatic heterocycles. The van der Waals surface area contributed by atoms with E-state index in [4.69, 9.17) is 0 Å². The van der Waals surface area contributed by atoms with Gasteiger partial charge in [0.1, 0.15) is 0 Å². The summed E-state index contributed by atoms with van der Waals surface area (Å²) in [7, 11) is 0. The maximum atomic E-state index is 3.06. The molecule has 0 aliphatic rings. The van der Waals surface area contributed by atoms with Gasteiger partial charge in [0.15, 0.2) is 0 Å². The van der Waals surface area contributed by atoms with Crippen molar-refractivity contribution < 1.29 is 23.3 Å². The summed E-state index contributed by atoms with van der Waals surface area (Å²) in [5.41, 5.74) is 1.35. The van der Waals surface area contributed by atoms with E-state index in [1.54, 1.807) is 0 Å². The summed E-state index contributed by atoms with van der Waals surface area (Å²) >= 11 is 1.36. The SMILES string of the molecule is Cc1cc2ccccc2[cH-]1.Cl.Cl.[CH3-].[Si]=[Zr].[c-]1ccccc1.c1ccc2[cH-]ccc2c1. The van der Waals surface area contributed by atoms with E-state index in [9.17, 15) is 0 Å². The van der Waals surface area contributed by atoms with Gasteiger partial charge in [0.25, 0.3) is 0 Å². The van der Waals surface area contributed by atoms with Crippen molar-refractivity contribution in [3.8, 4) is 0 Å². The fourth-order valence-corrected chi connectivity index (χ4v) is 2.72. The van der Waals surface area contributed by atoms with E-state index in [0.717, 1.165) is 0 Å². The van der Waals surface area contributed by atoms with Crippen LogP contribution in [-0.2, 0) is 23.3 Å². The monoisotopic (exact) mass is 526 g/mol. The first kappa shape index (κ1) is 30.8. The largest absolute Gasteiger partial charge is 0.184 e. The van der Waals surface area contributed by atoms with E-state index < -0.39 is 0 Å². The predicted octanol–water partition coefficient (Wildman–Crippen LogP) is 7.82. The van der Waals surface area contributed by atoms with E-state index in [-0.39, 0.29) is 32.2 Å². The van der Waals surface area contributed by atoms with Crippen molar-refractivity contribution in [3.63, 3.8) is 0 Å². The van der Waals surface area contributed by atoms with E-state index in [2.05, 4.69) is 98.7 Å². The Labute approximate surface area is 210 Å². The number of halogens is 2. The van der Waals surface area contributed by atoms with Gasteiger partial charge >= 0.3 is 30.2 Å². The van der Waals surface area contributed by atoms with Crippen molar-refractivity contribution in [1.82, 2.24) is 0 Å². The second-order valence-corrected chi connectivity index (χ2v) is 5.89. The second kappa shape index (κ2) is 18.3. The quantitative estimate of drug-likeness (QED) is 0.142. The average molecular weight is 529 g/mol. The molecule has 5 rings (SSSR count). The number of fused-ring (bicyclic) bond motifs is 2. The summed E-state index contributed by atoms with van der Waals surface area (Å²) in [5, 5.41) is 5.36. The van der Waals surface area contributed by atoms with Crippen LogP contribution in [0.1, 0.15) is 5.56 Å². The molecule has 0 heterocycles. The summed E-state index contributed by atoms with van der Waals surface area (Å²) in [6, 6.07) is 40.0. The molecule has 0 amide bonds. The summed E-state index contributed by atoms with van der Waals surface area (Å²) < 4.78 is 0. The minimum absolute atomic E-state index is 0. The van der Waals surface area contributed by atoms with Crippen molar-refractivity contribution in [1.29, 1.82) is 0 Å². The van der Waals surface area contributed by atoms with Crippen molar-refractivity contribution in [2.24, 2.45) is 0 Å². The average Bonchev–Trinajstić information content (AvgIpc) is 3.37. The molecular formula is C26H26Cl2SiZr-4. The van der Waals surface area contributed by atoms with E-state index in [1.165, 1.54) is 50.4 Å². The van der Waals surface area contributed by atoms with Crippen LogP contribution in [0.2, 0.25) is 0 Å². The van der Waals surface area contributed by atoms with Crippen molar-refractivity contribution in [2.75, 3.05) is 0 Å². The number of hydrogen-bond acceptors (Lipinski definition) is 0. The first-order valence-electron chi connectivity index (χ1n) is 8.71. The van der Waals surface area contributed by atoms with Gasteiger partial charge < -0.3 is 7.43 Å². The van der Waals surface area contributed by atoms with Gasteiger partial charge in [0, 0.05) is 0 Å². The number of benzene rings is 3. The zero-order valence-corrected chi connectivity index (χ0v) is 22.3. The summed E-state index contributed by atoms with van der Waals surface area (Å²) in [5.74, 6) is 0. The summed E-state index contributed by atoms with van der Waals surface area (Å²) in [6.45, 7) is 5.19. The minimum atomic E-state index is 0. The van der Waals surface area contributed by atoms with Crippen LogP contribution in [0, 0.1) is 20.4 Å². The molecule has 5 aromatic rings. The Hall–Kier alpha value is -1.44. The first-order chi connectivity index (χ1) is 13.3. The summed E-state index contributed by atoms with van der Waals surface area (Å²) in [6.07, 6.45) is 0. The van der Waals surface area contributed by atoms with Crippen LogP contribution in [0.5, 0.6) is 0 Å². The minimum Gasteiger partial charge on any atom is -0.184 e. The molecule has 30 heavy (non-hydrogen) atoms. The Balaban J connectivity index is 0. The molecule has 0 spiro atoms. The molecule has 4 heteroatoms. The summed E-state index contributed by atoms with van der Waals surface area (Å²) in [4.78, 5) is 0. The third kappa shape index (κ3) is 10.5. The van der Waals surface area contributed by atoms with Crippen LogP contribution >= 0.6 is 24.8 Å². The third-order valence-corrected chi connectivity index (χ3v) is 3.92. The van der Waals surface area contributed by atoms with Crippen molar-refractivity contribution >= 4 is 53.2 Å². The van der Waals surface area contributed by atoms with Crippen LogP contribution in [0.15, 0.2) is 109 Å². The zero-order chi connectivity index (χ0) is 19.3. The number of rotatable bonds is 0. The van der Waals surface area contributed by atoms with Gasteiger partial charge in [-0.05, 0) is 0 Å². The van der Waals surface area contributed by atoms with Crippen molar-refractivity contribution in [2.45, 2.75) is 6.92 Å². The standard InChI is InChI=1S/C10H9.C9H7.C6H5.CH3.2ClH.Si.Zr/c1-8-6-9-4-2-3-5-10(9)7-8;1-2-5-9-7-3-6-8(9)4-1;1-2-4-6-5-3-1;;;;;/h2-7H,1H3;1-7H;1-5H;1H3;2*1H;;/q4*-1;;;;. The van der Waals surface area contributed by atoms with Crippen molar-refractivity contribution in [3.05, 3.63) is 128 Å².